The van der Waals surface area contributed by atoms with Crippen LogP contribution >= 0.6 is 22.7 Å². The van der Waals surface area contributed by atoms with Crippen LogP contribution in [0.25, 0.3) is 9.69 Å². The van der Waals surface area contributed by atoms with Crippen LogP contribution in [0.4, 0.5) is 0 Å². The molecule has 0 saturated carbocycles. The number of carboxylic acid groups (broad SMARTS) is 1. The van der Waals surface area contributed by atoms with Gasteiger partial charge in [-0.25, -0.2) is 13.1 Å². The Kier molecular flexibility index (Phi) is 60.5. The maximum atomic E-state index is 11.3. The van der Waals surface area contributed by atoms with Gasteiger partial charge in [0.05, 0.1) is 19.8 Å². The molecule has 5 N–H and O–H groups in total. The minimum atomic E-state index is -2.81. The summed E-state index contributed by atoms with van der Waals surface area (Å²) in [4.78, 5) is 36.5. The molecule has 0 rings (SSSR count). The minimum Gasteiger partial charge on any atom is -0.481 e. The maximum absolute atomic E-state index is 11.3. The molecule has 0 spiro atoms. The summed E-state index contributed by atoms with van der Waals surface area (Å²) in [5.41, 5.74) is 5.40. The summed E-state index contributed by atoms with van der Waals surface area (Å²) in [5.74, 6) is -0.852. The standard InChI is InChI=1S/C12H23N2O4P.C11H23N2O3P.C9H20NO4P.C2H4O2.2C2H6/c1-12(15)14-8-6-5-7-10-17-19(4,16-3)18-11-9-13-2;1-13-9-11-16-17(3,14-2)15-10-7-5-4-6-8-12;1-9(11)10-7-5-4-6-8-14-15(3,12)13-2;1-2(3)4;2*1-2/h4-11H2,1,3H3,(H,14,15);3-12H2,2H3;4-8H2,1-3H3,(H,10,11);1H3,(H,3,4);2*1-2H3. The van der Waals surface area contributed by atoms with Gasteiger partial charge in [-0.3, -0.25) is 18.9 Å². The number of amides is 2. The Bertz CT molecular complexity index is 1200. The number of nitrogens with one attached hydrogen (secondary N) is 2. The summed E-state index contributed by atoms with van der Waals surface area (Å²) < 4.78 is 53.0. The van der Waals surface area contributed by atoms with Gasteiger partial charge >= 0.3 is 7.60 Å². The number of rotatable bonds is 30. The zero-order valence-electron chi connectivity index (χ0n) is 38.2. The van der Waals surface area contributed by atoms with Gasteiger partial charge < -0.3 is 67.4 Å². The molecular formula is C38H82N5O13P3. The molecule has 18 nitrogen and oxygen atoms in total. The molecule has 0 radical (unpaired) electrons. The normalized spacial score (nSPS) is 12.8. The fourth-order valence-electron chi connectivity index (χ4n) is 3.36. The number of nitrogens with zero attached hydrogens (tertiary/aromatic N) is 2. The van der Waals surface area contributed by atoms with E-state index in [-0.39, 0.29) is 25.0 Å². The van der Waals surface area contributed by atoms with E-state index in [2.05, 4.69) is 37.4 Å². The highest BCUT2D eigenvalue weighted by molar-refractivity contribution is 7.59. The Morgan fingerprint density at radius 1 is 0.593 bits per heavy atom. The van der Waals surface area contributed by atoms with E-state index in [0.717, 1.165) is 77.7 Å². The number of carbonyl (C=O) groups excluding carboxylic acids is 2. The summed E-state index contributed by atoms with van der Waals surface area (Å²) in [6.07, 6.45) is 17.2. The highest BCUT2D eigenvalue weighted by Crippen LogP contribution is 2.48. The third-order valence-electron chi connectivity index (χ3n) is 6.26. The average molecular weight is 910 g/mol. The first-order valence-electron chi connectivity index (χ1n) is 19.9. The van der Waals surface area contributed by atoms with Crippen molar-refractivity contribution in [1.29, 1.82) is 0 Å². The predicted molar refractivity (Wildman–Crippen MR) is 244 cm³/mol. The molecule has 352 valence electrons. The second-order valence-corrected chi connectivity index (χ2v) is 17.7. The van der Waals surface area contributed by atoms with Crippen LogP contribution in [-0.4, -0.2) is 129 Å². The van der Waals surface area contributed by atoms with Crippen molar-refractivity contribution in [2.75, 3.05) is 93.8 Å². The van der Waals surface area contributed by atoms with Crippen LogP contribution in [0.5, 0.6) is 0 Å². The van der Waals surface area contributed by atoms with Crippen molar-refractivity contribution in [3.05, 3.63) is 22.8 Å². The van der Waals surface area contributed by atoms with Crippen molar-refractivity contribution < 1.29 is 60.2 Å². The van der Waals surface area contributed by atoms with Crippen molar-refractivity contribution in [2.24, 2.45) is 5.73 Å². The summed E-state index contributed by atoms with van der Waals surface area (Å²) in [5, 5.41) is 12.9. The Labute approximate surface area is 358 Å². The molecule has 0 fully saturated rings. The number of carboxylic acids is 1. The first-order valence-corrected chi connectivity index (χ1v) is 25.4. The number of hydrogen-bond acceptors (Lipinski definition) is 13. The Morgan fingerprint density at radius 3 is 1.19 bits per heavy atom. The van der Waals surface area contributed by atoms with E-state index in [0.29, 0.717) is 46.1 Å². The molecule has 3 atom stereocenters. The van der Waals surface area contributed by atoms with Crippen LogP contribution < -0.4 is 16.4 Å². The lowest BCUT2D eigenvalue weighted by molar-refractivity contribution is -0.134. The summed E-state index contributed by atoms with van der Waals surface area (Å²) in [7, 11) is -3.39. The van der Waals surface area contributed by atoms with Crippen LogP contribution in [-0.2, 0) is 55.1 Å². The van der Waals surface area contributed by atoms with Crippen LogP contribution in [0, 0.1) is 13.1 Å². The molecule has 0 heterocycles. The van der Waals surface area contributed by atoms with Crippen molar-refractivity contribution in [2.45, 2.75) is 113 Å². The molecule has 3 unspecified atom stereocenters. The van der Waals surface area contributed by atoms with Gasteiger partial charge in [-0.05, 0) is 70.5 Å². The number of carbonyl (C=O) groups is 3. The second-order valence-electron chi connectivity index (χ2n) is 11.3. The first-order chi connectivity index (χ1) is 27.9. The largest absolute Gasteiger partial charge is 0.481 e. The topological polar surface area (TPSA) is 221 Å². The van der Waals surface area contributed by atoms with E-state index < -0.39 is 28.7 Å². The first kappa shape index (κ1) is 68.6. The number of aliphatic carboxylic acids is 1. The monoisotopic (exact) mass is 910 g/mol. The van der Waals surface area contributed by atoms with E-state index in [1.807, 2.05) is 27.7 Å². The predicted octanol–water partition coefficient (Wildman–Crippen LogP) is 8.31. The molecule has 0 aliphatic heterocycles. The zero-order chi connectivity index (χ0) is 46.9. The number of nitrogens with two attached hydrogens (primary N) is 1. The maximum Gasteiger partial charge on any atom is 0.327 e. The van der Waals surface area contributed by atoms with Crippen molar-refractivity contribution in [3.8, 4) is 0 Å². The molecule has 59 heavy (non-hydrogen) atoms. The quantitative estimate of drug-likeness (QED) is 0.0303. The van der Waals surface area contributed by atoms with Crippen molar-refractivity contribution >= 4 is 53.1 Å². The van der Waals surface area contributed by atoms with E-state index in [9.17, 15) is 14.2 Å². The fourth-order valence-corrected chi connectivity index (χ4v) is 6.03. The lowest BCUT2D eigenvalue weighted by Gasteiger charge is -2.21. The van der Waals surface area contributed by atoms with Gasteiger partial charge in [0.25, 0.3) is 21.1 Å². The van der Waals surface area contributed by atoms with Crippen LogP contribution in [0.3, 0.4) is 0 Å². The highest BCUT2D eigenvalue weighted by Gasteiger charge is 2.16. The van der Waals surface area contributed by atoms with Gasteiger partial charge in [-0.15, -0.1) is 0 Å². The summed E-state index contributed by atoms with van der Waals surface area (Å²) in [6, 6.07) is 0. The lowest BCUT2D eigenvalue weighted by Crippen LogP contribution is -2.20. The molecular weight excluding hydrogens is 827 g/mol. The molecule has 2 amide bonds. The van der Waals surface area contributed by atoms with Gasteiger partial charge in [0.15, 0.2) is 0 Å². The highest BCUT2D eigenvalue weighted by atomic mass is 31.2. The molecule has 0 aromatic heterocycles. The SMILES string of the molecule is CC.CC.CC(=O)O.COP(C)(=O)OCCCCCNC(C)=O.[C-]#[N+]CCOP(=C)(OC)OCCCCCCN.[C-]#[N+]CCOP(=C)(OC)OCCCCCNC(C)=O. The Morgan fingerprint density at radius 2 is 0.898 bits per heavy atom. The average Bonchev–Trinajstić information content (AvgIpc) is 3.20. The molecule has 0 saturated heterocycles. The van der Waals surface area contributed by atoms with Crippen LogP contribution in [0.15, 0.2) is 0 Å². The lowest BCUT2D eigenvalue weighted by atomic mass is 10.2. The fraction of sp³-hybridized carbons (Fsp3) is 0.816. The van der Waals surface area contributed by atoms with Crippen LogP contribution in [0.1, 0.15) is 113 Å². The van der Waals surface area contributed by atoms with Gasteiger partial charge in [-0.2, -0.15) is 0 Å². The molecule has 0 aromatic rings. The molecule has 0 aliphatic rings. The van der Waals surface area contributed by atoms with Crippen molar-refractivity contribution in [3.63, 3.8) is 0 Å². The van der Waals surface area contributed by atoms with E-state index >= 15 is 0 Å². The molecule has 0 aliphatic carbocycles. The van der Waals surface area contributed by atoms with Gasteiger partial charge in [0, 0.05) is 61.9 Å². The Balaban J connectivity index is -0.000000164. The molecule has 0 bridgehead atoms. The number of unbranched alkanes of at least 4 members (excludes halogenated alkanes) is 7. The van der Waals surface area contributed by atoms with Gasteiger partial charge in [0.1, 0.15) is 13.2 Å². The van der Waals surface area contributed by atoms with Gasteiger partial charge in [-0.1, -0.05) is 40.5 Å². The minimum absolute atomic E-state index is 0.00783. The van der Waals surface area contributed by atoms with E-state index in [4.69, 9.17) is 60.4 Å². The van der Waals surface area contributed by atoms with E-state index in [1.165, 1.54) is 41.8 Å². The number of hydrogen-bond donors (Lipinski definition) is 4. The van der Waals surface area contributed by atoms with Crippen LogP contribution in [0.2, 0.25) is 0 Å². The zero-order valence-corrected chi connectivity index (χ0v) is 40.9. The Hall–Kier alpha value is -2.14. The third-order valence-corrected chi connectivity index (χ3v) is 11.0. The van der Waals surface area contributed by atoms with Gasteiger partial charge in [0.2, 0.25) is 24.9 Å². The second kappa shape index (κ2) is 52.0. The van der Waals surface area contributed by atoms with Crippen molar-refractivity contribution in [1.82, 2.24) is 10.6 Å². The summed E-state index contributed by atoms with van der Waals surface area (Å²) >= 11 is 0. The molecule has 0 aromatic carbocycles. The smallest absolute Gasteiger partial charge is 0.327 e. The van der Waals surface area contributed by atoms with E-state index in [1.54, 1.807) is 0 Å². The third kappa shape index (κ3) is 65.2. The molecule has 21 heteroatoms. The summed E-state index contributed by atoms with van der Waals surface area (Å²) in [6.45, 7) is 31.6.